The number of phenols is 1. The van der Waals surface area contributed by atoms with Crippen molar-refractivity contribution in [2.45, 2.75) is 31.7 Å². The smallest absolute Gasteiger partial charge is 0.224 e. The van der Waals surface area contributed by atoms with Crippen LogP contribution in [0, 0.1) is 0 Å². The summed E-state index contributed by atoms with van der Waals surface area (Å²) in [5, 5.41) is 15.6. The van der Waals surface area contributed by atoms with E-state index >= 15 is 0 Å². The van der Waals surface area contributed by atoms with Gasteiger partial charge in [0.05, 0.1) is 6.42 Å². The number of hydrogen-bond acceptors (Lipinski definition) is 3. The van der Waals surface area contributed by atoms with E-state index in [1.54, 1.807) is 18.2 Å². The molecule has 1 aromatic carbocycles. The van der Waals surface area contributed by atoms with E-state index in [0.717, 1.165) is 25.1 Å². The lowest BCUT2D eigenvalue weighted by molar-refractivity contribution is -0.120. The number of aromatic hydroxyl groups is 1. The first-order valence-electron chi connectivity index (χ1n) is 6.52. The quantitative estimate of drug-likeness (QED) is 0.733. The van der Waals surface area contributed by atoms with Crippen LogP contribution in [0.4, 0.5) is 0 Å². The van der Waals surface area contributed by atoms with E-state index in [1.165, 1.54) is 12.8 Å². The van der Waals surface area contributed by atoms with E-state index in [9.17, 15) is 9.90 Å². The van der Waals surface area contributed by atoms with Crippen LogP contribution < -0.4 is 10.6 Å². The molecule has 0 spiro atoms. The van der Waals surface area contributed by atoms with Crippen molar-refractivity contribution in [1.82, 2.24) is 10.6 Å². The molecule has 0 saturated carbocycles. The molecule has 1 aliphatic heterocycles. The van der Waals surface area contributed by atoms with Crippen LogP contribution >= 0.6 is 0 Å². The average Bonchev–Trinajstić information content (AvgIpc) is 2.82. The maximum absolute atomic E-state index is 11.7. The minimum Gasteiger partial charge on any atom is -0.508 e. The van der Waals surface area contributed by atoms with E-state index < -0.39 is 0 Å². The Morgan fingerprint density at radius 3 is 3.11 bits per heavy atom. The largest absolute Gasteiger partial charge is 0.508 e. The van der Waals surface area contributed by atoms with Crippen LogP contribution in [0.15, 0.2) is 24.3 Å². The summed E-state index contributed by atoms with van der Waals surface area (Å²) in [6, 6.07) is 7.38. The Balaban J connectivity index is 1.68. The highest BCUT2D eigenvalue weighted by Crippen LogP contribution is 2.11. The highest BCUT2D eigenvalue weighted by Gasteiger charge is 2.13. The fraction of sp³-hybridized carbons (Fsp3) is 0.500. The van der Waals surface area contributed by atoms with E-state index in [-0.39, 0.29) is 11.7 Å². The Labute approximate surface area is 107 Å². The van der Waals surface area contributed by atoms with E-state index in [4.69, 9.17) is 0 Å². The molecule has 4 heteroatoms. The topological polar surface area (TPSA) is 61.4 Å². The number of rotatable bonds is 5. The zero-order valence-electron chi connectivity index (χ0n) is 10.5. The van der Waals surface area contributed by atoms with Crippen LogP contribution in [0.1, 0.15) is 24.8 Å². The summed E-state index contributed by atoms with van der Waals surface area (Å²) in [4.78, 5) is 11.7. The molecule has 1 heterocycles. The lowest BCUT2D eigenvalue weighted by Crippen LogP contribution is -2.31. The molecule has 98 valence electrons. The molecular weight excluding hydrogens is 228 g/mol. The van der Waals surface area contributed by atoms with Crippen LogP contribution in [-0.2, 0) is 11.2 Å². The van der Waals surface area contributed by atoms with E-state index in [1.807, 2.05) is 6.07 Å². The van der Waals surface area contributed by atoms with Gasteiger partial charge in [-0.15, -0.1) is 0 Å². The van der Waals surface area contributed by atoms with Crippen LogP contribution in [0.5, 0.6) is 5.75 Å². The Bertz CT molecular complexity index is 401. The zero-order chi connectivity index (χ0) is 12.8. The summed E-state index contributed by atoms with van der Waals surface area (Å²) in [7, 11) is 0. The molecule has 0 radical (unpaired) electrons. The van der Waals surface area contributed by atoms with Crippen molar-refractivity contribution >= 4 is 5.91 Å². The molecule has 2 rings (SSSR count). The summed E-state index contributed by atoms with van der Waals surface area (Å²) in [6.07, 6.45) is 3.77. The van der Waals surface area contributed by atoms with Crippen molar-refractivity contribution in [2.75, 3.05) is 13.1 Å². The third kappa shape index (κ3) is 4.04. The van der Waals surface area contributed by atoms with E-state index in [0.29, 0.717) is 12.5 Å². The monoisotopic (exact) mass is 248 g/mol. The molecule has 1 aromatic rings. The van der Waals surface area contributed by atoms with Crippen LogP contribution in [0.25, 0.3) is 0 Å². The maximum Gasteiger partial charge on any atom is 0.224 e. The Kier molecular flexibility index (Phi) is 4.59. The predicted octanol–water partition coefficient (Wildman–Crippen LogP) is 1.19. The summed E-state index contributed by atoms with van der Waals surface area (Å²) in [6.45, 7) is 1.82. The number of amides is 1. The Morgan fingerprint density at radius 2 is 2.39 bits per heavy atom. The van der Waals surface area contributed by atoms with Gasteiger partial charge in [0, 0.05) is 12.6 Å². The van der Waals surface area contributed by atoms with Crippen molar-refractivity contribution in [1.29, 1.82) is 0 Å². The van der Waals surface area contributed by atoms with Crippen LogP contribution in [-0.4, -0.2) is 30.1 Å². The number of phenolic OH excluding ortho intramolecular Hbond substituents is 1. The van der Waals surface area contributed by atoms with Crippen molar-refractivity contribution in [3.63, 3.8) is 0 Å². The summed E-state index contributed by atoms with van der Waals surface area (Å²) in [5.41, 5.74) is 0.839. The van der Waals surface area contributed by atoms with Crippen LogP contribution in [0.3, 0.4) is 0 Å². The number of carbonyl (C=O) groups excluding carboxylic acids is 1. The summed E-state index contributed by atoms with van der Waals surface area (Å²) < 4.78 is 0. The Morgan fingerprint density at radius 1 is 1.50 bits per heavy atom. The zero-order valence-corrected chi connectivity index (χ0v) is 10.5. The van der Waals surface area contributed by atoms with Gasteiger partial charge in [-0.2, -0.15) is 0 Å². The summed E-state index contributed by atoms with van der Waals surface area (Å²) >= 11 is 0. The fourth-order valence-electron chi connectivity index (χ4n) is 2.30. The molecule has 1 atom stereocenters. The van der Waals surface area contributed by atoms with Crippen molar-refractivity contribution < 1.29 is 9.90 Å². The molecule has 1 fully saturated rings. The van der Waals surface area contributed by atoms with Gasteiger partial charge in [0.1, 0.15) is 5.75 Å². The highest BCUT2D eigenvalue weighted by molar-refractivity contribution is 5.78. The first-order valence-corrected chi connectivity index (χ1v) is 6.52. The third-order valence-electron chi connectivity index (χ3n) is 3.25. The van der Waals surface area contributed by atoms with Gasteiger partial charge in [0.2, 0.25) is 5.91 Å². The van der Waals surface area contributed by atoms with Gasteiger partial charge in [-0.3, -0.25) is 4.79 Å². The highest BCUT2D eigenvalue weighted by atomic mass is 16.3. The SMILES string of the molecule is O=C(Cc1cccc(O)c1)NCCC1CCCN1. The molecule has 0 aromatic heterocycles. The van der Waals surface area contributed by atoms with Crippen molar-refractivity contribution in [3.8, 4) is 5.75 Å². The second-order valence-corrected chi connectivity index (χ2v) is 4.78. The molecule has 1 unspecified atom stereocenters. The fourth-order valence-corrected chi connectivity index (χ4v) is 2.30. The van der Waals surface area contributed by atoms with Crippen molar-refractivity contribution in [3.05, 3.63) is 29.8 Å². The van der Waals surface area contributed by atoms with Gasteiger partial charge in [-0.25, -0.2) is 0 Å². The second kappa shape index (κ2) is 6.40. The van der Waals surface area contributed by atoms with E-state index in [2.05, 4.69) is 10.6 Å². The van der Waals surface area contributed by atoms with Gasteiger partial charge in [0.25, 0.3) is 0 Å². The molecule has 0 aliphatic carbocycles. The molecule has 1 aliphatic rings. The van der Waals surface area contributed by atoms with Gasteiger partial charge < -0.3 is 15.7 Å². The summed E-state index contributed by atoms with van der Waals surface area (Å²) in [5.74, 6) is 0.217. The average molecular weight is 248 g/mol. The number of nitrogens with one attached hydrogen (secondary N) is 2. The maximum atomic E-state index is 11.7. The van der Waals surface area contributed by atoms with Crippen molar-refractivity contribution in [2.24, 2.45) is 0 Å². The molecule has 0 bridgehead atoms. The minimum atomic E-state index is 0.0126. The van der Waals surface area contributed by atoms with Gasteiger partial charge in [0.15, 0.2) is 0 Å². The molecule has 18 heavy (non-hydrogen) atoms. The lowest BCUT2D eigenvalue weighted by Gasteiger charge is -2.10. The number of carbonyl (C=O) groups is 1. The van der Waals surface area contributed by atoms with Crippen LogP contribution in [0.2, 0.25) is 0 Å². The molecule has 4 nitrogen and oxygen atoms in total. The first kappa shape index (κ1) is 12.9. The third-order valence-corrected chi connectivity index (χ3v) is 3.25. The predicted molar refractivity (Wildman–Crippen MR) is 70.5 cm³/mol. The van der Waals surface area contributed by atoms with Gasteiger partial charge in [-0.1, -0.05) is 12.1 Å². The second-order valence-electron chi connectivity index (χ2n) is 4.78. The molecule has 1 amide bonds. The first-order chi connectivity index (χ1) is 8.74. The normalized spacial score (nSPS) is 18.8. The lowest BCUT2D eigenvalue weighted by atomic mass is 10.1. The standard InChI is InChI=1S/C14H20N2O2/c17-13-5-1-3-11(9-13)10-14(18)16-8-6-12-4-2-7-15-12/h1,3,5,9,12,15,17H,2,4,6-8,10H2,(H,16,18). The number of hydrogen-bond donors (Lipinski definition) is 3. The van der Waals surface area contributed by atoms with Gasteiger partial charge >= 0.3 is 0 Å². The van der Waals surface area contributed by atoms with Gasteiger partial charge in [-0.05, 0) is 43.5 Å². The molecular formula is C14H20N2O2. The Hall–Kier alpha value is -1.55. The minimum absolute atomic E-state index is 0.0126. The molecule has 1 saturated heterocycles. The number of benzene rings is 1. The molecule has 3 N–H and O–H groups in total.